The van der Waals surface area contributed by atoms with Gasteiger partial charge in [-0.1, -0.05) is 28.1 Å². The summed E-state index contributed by atoms with van der Waals surface area (Å²) in [5.41, 5.74) is 6.64. The quantitative estimate of drug-likeness (QED) is 0.274. The van der Waals surface area contributed by atoms with Crippen LogP contribution in [0.3, 0.4) is 0 Å². The lowest BCUT2D eigenvalue weighted by atomic mass is 9.96. The summed E-state index contributed by atoms with van der Waals surface area (Å²) in [6.45, 7) is 4.22. The van der Waals surface area contributed by atoms with Gasteiger partial charge in [0.15, 0.2) is 5.11 Å². The van der Waals surface area contributed by atoms with Crippen LogP contribution in [0.1, 0.15) is 34.7 Å². The molecule has 0 bridgehead atoms. The number of anilines is 2. The lowest BCUT2D eigenvalue weighted by Crippen LogP contribution is -2.29. The molecule has 0 unspecified atom stereocenters. The zero-order valence-electron chi connectivity index (χ0n) is 20.5. The number of nitrogens with one attached hydrogen (secondary N) is 2. The number of halogens is 1. The van der Waals surface area contributed by atoms with Crippen LogP contribution in [0.15, 0.2) is 83.5 Å². The maximum Gasteiger partial charge on any atom is 0.229 e. The average molecular weight is 597 g/mol. The van der Waals surface area contributed by atoms with Crippen molar-refractivity contribution in [3.63, 3.8) is 0 Å². The molecule has 1 fully saturated rings. The summed E-state index contributed by atoms with van der Waals surface area (Å²) in [5.74, 6) is 0. The van der Waals surface area contributed by atoms with Crippen LogP contribution in [-0.4, -0.2) is 29.3 Å². The van der Waals surface area contributed by atoms with Crippen molar-refractivity contribution in [2.45, 2.75) is 25.9 Å². The maximum atomic E-state index is 11.7. The molecule has 190 valence electrons. The van der Waals surface area contributed by atoms with Crippen molar-refractivity contribution in [2.75, 3.05) is 15.9 Å². The van der Waals surface area contributed by atoms with E-state index in [1.54, 1.807) is 18.3 Å². The minimum absolute atomic E-state index is 0.178. The number of nitrogens with zero attached hydrogens (tertiary/aromatic N) is 3. The van der Waals surface area contributed by atoms with Crippen LogP contribution in [0.2, 0.25) is 0 Å². The van der Waals surface area contributed by atoms with E-state index < -0.39 is 10.0 Å². The lowest BCUT2D eigenvalue weighted by molar-refractivity contribution is 0.565. The molecule has 0 amide bonds. The molecule has 5 rings (SSSR count). The van der Waals surface area contributed by atoms with Crippen molar-refractivity contribution >= 4 is 54.7 Å². The van der Waals surface area contributed by atoms with E-state index in [2.05, 4.69) is 72.5 Å². The fourth-order valence-electron chi connectivity index (χ4n) is 4.95. The highest BCUT2D eigenvalue weighted by Gasteiger charge is 2.42. The predicted molar refractivity (Wildman–Crippen MR) is 156 cm³/mol. The molecule has 0 saturated carbocycles. The molecule has 37 heavy (non-hydrogen) atoms. The molecule has 0 spiro atoms. The summed E-state index contributed by atoms with van der Waals surface area (Å²) in [5, 5.41) is 4.07. The Balaban J connectivity index is 1.63. The van der Waals surface area contributed by atoms with Gasteiger partial charge in [-0.05, 0) is 92.3 Å². The topological polar surface area (TPSA) is 79.3 Å². The van der Waals surface area contributed by atoms with Crippen molar-refractivity contribution < 1.29 is 8.42 Å². The molecule has 7 nitrogen and oxygen atoms in total. The van der Waals surface area contributed by atoms with Crippen LogP contribution in [0.5, 0.6) is 0 Å². The van der Waals surface area contributed by atoms with Crippen molar-refractivity contribution in [1.29, 1.82) is 0 Å². The smallest absolute Gasteiger partial charge is 0.229 e. The zero-order valence-corrected chi connectivity index (χ0v) is 23.7. The van der Waals surface area contributed by atoms with Crippen LogP contribution in [-0.2, 0) is 10.0 Å². The van der Waals surface area contributed by atoms with Gasteiger partial charge in [-0.25, -0.2) is 8.42 Å². The number of rotatable bonds is 6. The van der Waals surface area contributed by atoms with Crippen molar-refractivity contribution in [3.8, 4) is 5.69 Å². The molecule has 3 heterocycles. The van der Waals surface area contributed by atoms with Crippen molar-refractivity contribution in [1.82, 2.24) is 14.9 Å². The third-order valence-corrected chi connectivity index (χ3v) is 7.82. The fraction of sp³-hybridized carbons (Fsp3) is 0.185. The van der Waals surface area contributed by atoms with Crippen LogP contribution in [0.4, 0.5) is 11.4 Å². The third kappa shape index (κ3) is 5.14. The Hall–Kier alpha value is -3.21. The van der Waals surface area contributed by atoms with Gasteiger partial charge in [-0.2, -0.15) is 0 Å². The Morgan fingerprint density at radius 1 is 1.00 bits per heavy atom. The Labute approximate surface area is 230 Å². The average Bonchev–Trinajstić information content (AvgIpc) is 3.34. The number of aryl methyl sites for hydroxylation is 1. The largest absolute Gasteiger partial charge is 0.351 e. The SMILES string of the molecule is Cc1cc([C@H]2[C@@H](c3ccccn3)NC(=S)N2c2ccc(NS(C)(=O)=O)cc2)c(C)n1-c1cccc(Br)c1. The van der Waals surface area contributed by atoms with E-state index >= 15 is 0 Å². The second-order valence-corrected chi connectivity index (χ2v) is 12.1. The highest BCUT2D eigenvalue weighted by atomic mass is 79.9. The zero-order chi connectivity index (χ0) is 26.3. The van der Waals surface area contributed by atoms with Crippen LogP contribution >= 0.6 is 28.1 Å². The molecular formula is C27H26BrN5O2S2. The van der Waals surface area contributed by atoms with Crippen LogP contribution < -0.4 is 14.9 Å². The molecule has 4 aromatic rings. The number of benzene rings is 2. The van der Waals surface area contributed by atoms with Crippen LogP contribution in [0.25, 0.3) is 5.69 Å². The van der Waals surface area contributed by atoms with Crippen LogP contribution in [0, 0.1) is 13.8 Å². The Morgan fingerprint density at radius 3 is 2.41 bits per heavy atom. The number of thiocarbonyl (C=S) groups is 1. The second kappa shape index (κ2) is 9.92. The normalized spacial score (nSPS) is 17.6. The molecular weight excluding hydrogens is 570 g/mol. The highest BCUT2D eigenvalue weighted by molar-refractivity contribution is 9.10. The van der Waals surface area contributed by atoms with E-state index in [0.717, 1.165) is 44.7 Å². The second-order valence-electron chi connectivity index (χ2n) is 9.06. The summed E-state index contributed by atoms with van der Waals surface area (Å²) >= 11 is 9.45. The lowest BCUT2D eigenvalue weighted by Gasteiger charge is -2.28. The maximum absolute atomic E-state index is 11.7. The Bertz CT molecular complexity index is 1570. The van der Waals surface area contributed by atoms with E-state index in [4.69, 9.17) is 12.2 Å². The van der Waals surface area contributed by atoms with E-state index in [-0.39, 0.29) is 12.1 Å². The summed E-state index contributed by atoms with van der Waals surface area (Å²) in [6, 6.07) is 23.2. The summed E-state index contributed by atoms with van der Waals surface area (Å²) < 4.78 is 29.1. The first-order chi connectivity index (χ1) is 17.6. The molecule has 0 radical (unpaired) electrons. The first-order valence-electron chi connectivity index (χ1n) is 11.7. The molecule has 2 aromatic carbocycles. The standard InChI is InChI=1S/C27H26BrN5O2S2/c1-17-15-23(18(2)32(17)22-8-6-7-19(28)16-22)26-25(24-9-4-5-14-29-24)30-27(36)33(26)21-12-10-20(11-13-21)31-37(3,34)35/h4-16,25-26,31H,1-3H3,(H,30,36)/t25-,26+/m1/s1. The molecule has 1 saturated heterocycles. The van der Waals surface area contributed by atoms with E-state index in [9.17, 15) is 8.42 Å². The molecule has 2 atom stereocenters. The monoisotopic (exact) mass is 595 g/mol. The fourth-order valence-corrected chi connectivity index (χ4v) is 6.25. The van der Waals surface area contributed by atoms with Gasteiger partial charge in [0.1, 0.15) is 0 Å². The van der Waals surface area contributed by atoms with Gasteiger partial charge >= 0.3 is 0 Å². The Morgan fingerprint density at radius 2 is 1.76 bits per heavy atom. The van der Waals surface area contributed by atoms with E-state index in [0.29, 0.717) is 10.8 Å². The Kier molecular flexibility index (Phi) is 6.82. The number of pyridine rings is 1. The molecule has 0 aliphatic carbocycles. The predicted octanol–water partition coefficient (Wildman–Crippen LogP) is 5.80. The van der Waals surface area contributed by atoms with E-state index in [1.807, 2.05) is 42.5 Å². The van der Waals surface area contributed by atoms with Gasteiger partial charge in [0.05, 0.1) is 24.0 Å². The summed E-state index contributed by atoms with van der Waals surface area (Å²) in [4.78, 5) is 6.73. The molecule has 2 N–H and O–H groups in total. The van der Waals surface area contributed by atoms with Gasteiger partial charge in [0, 0.05) is 39.1 Å². The number of aromatic nitrogens is 2. The molecule has 1 aliphatic rings. The molecule has 1 aliphatic heterocycles. The van der Waals surface area contributed by atoms with Gasteiger partial charge < -0.3 is 14.8 Å². The third-order valence-electron chi connectivity index (χ3n) is 6.40. The summed E-state index contributed by atoms with van der Waals surface area (Å²) in [6.07, 6.45) is 2.92. The highest BCUT2D eigenvalue weighted by Crippen LogP contribution is 2.44. The number of hydrogen-bond acceptors (Lipinski definition) is 4. The minimum Gasteiger partial charge on any atom is -0.351 e. The van der Waals surface area contributed by atoms with E-state index in [1.165, 1.54) is 0 Å². The number of sulfonamides is 1. The molecule has 10 heteroatoms. The number of hydrogen-bond donors (Lipinski definition) is 2. The first kappa shape index (κ1) is 25.4. The van der Waals surface area contributed by atoms with Crippen molar-refractivity contribution in [2.24, 2.45) is 0 Å². The van der Waals surface area contributed by atoms with Gasteiger partial charge in [0.25, 0.3) is 0 Å². The van der Waals surface area contributed by atoms with Crippen molar-refractivity contribution in [3.05, 3.63) is 106 Å². The van der Waals surface area contributed by atoms with Gasteiger partial charge in [-0.15, -0.1) is 0 Å². The summed E-state index contributed by atoms with van der Waals surface area (Å²) in [7, 11) is -3.37. The van der Waals surface area contributed by atoms with Gasteiger partial charge in [0.2, 0.25) is 10.0 Å². The van der Waals surface area contributed by atoms with Gasteiger partial charge in [-0.3, -0.25) is 9.71 Å². The minimum atomic E-state index is -3.37. The first-order valence-corrected chi connectivity index (χ1v) is 14.7. The molecule has 2 aromatic heterocycles.